The number of hydrogen-bond acceptors (Lipinski definition) is 6. The molecule has 0 spiro atoms. The number of non-ortho nitro benzene ring substituents is 1. The fourth-order valence-corrected chi connectivity index (χ4v) is 2.90. The summed E-state index contributed by atoms with van der Waals surface area (Å²) in [6, 6.07) is 9.57. The van der Waals surface area contributed by atoms with E-state index in [1.807, 2.05) is 0 Å². The van der Waals surface area contributed by atoms with Crippen molar-refractivity contribution in [1.29, 1.82) is 0 Å². The molecule has 1 amide bonds. The maximum absolute atomic E-state index is 11.2. The fourth-order valence-electron chi connectivity index (χ4n) is 1.88. The Kier molecular flexibility index (Phi) is 3.78. The Morgan fingerprint density at radius 3 is 2.55 bits per heavy atom. The van der Waals surface area contributed by atoms with Gasteiger partial charge in [-0.25, -0.2) is 0 Å². The van der Waals surface area contributed by atoms with Crippen molar-refractivity contribution in [3.63, 3.8) is 0 Å². The Morgan fingerprint density at radius 1 is 1.23 bits per heavy atom. The van der Waals surface area contributed by atoms with Crippen LogP contribution in [0.25, 0.3) is 17.4 Å². The van der Waals surface area contributed by atoms with E-state index < -0.39 is 4.92 Å². The number of rotatable bonds is 3. The molecule has 8 heteroatoms. The van der Waals surface area contributed by atoms with E-state index in [2.05, 4.69) is 5.32 Å². The van der Waals surface area contributed by atoms with Gasteiger partial charge in [0, 0.05) is 17.7 Å². The highest BCUT2D eigenvalue weighted by Crippen LogP contribution is 2.29. The Bertz CT molecular complexity index is 809. The van der Waals surface area contributed by atoms with Crippen molar-refractivity contribution in [3.8, 4) is 11.3 Å². The average molecular weight is 332 g/mol. The van der Waals surface area contributed by atoms with Gasteiger partial charge < -0.3 is 9.73 Å². The number of thiocarbonyl (C=S) groups is 1. The molecule has 0 radical (unpaired) electrons. The summed E-state index contributed by atoms with van der Waals surface area (Å²) in [4.78, 5) is 22.4. The third-order valence-electron chi connectivity index (χ3n) is 2.90. The lowest BCUT2D eigenvalue weighted by atomic mass is 10.1. The van der Waals surface area contributed by atoms with Gasteiger partial charge in [0.1, 0.15) is 16.5 Å². The Balaban J connectivity index is 1.85. The van der Waals surface area contributed by atoms with Crippen molar-refractivity contribution >= 4 is 46.0 Å². The molecule has 0 aliphatic carbocycles. The van der Waals surface area contributed by atoms with Crippen LogP contribution in [-0.4, -0.2) is 15.2 Å². The standard InChI is InChI=1S/C14H8N2O4S2/c17-14-15-13(21)12(22-14)7-10-5-6-11(20-10)8-1-3-9(4-2-8)16(18)19/h1-7H,(H,15,17,21). The highest BCUT2D eigenvalue weighted by atomic mass is 32.2. The van der Waals surface area contributed by atoms with E-state index >= 15 is 0 Å². The van der Waals surface area contributed by atoms with E-state index in [-0.39, 0.29) is 10.9 Å². The predicted molar refractivity (Wildman–Crippen MR) is 87.5 cm³/mol. The number of benzene rings is 1. The van der Waals surface area contributed by atoms with Crippen LogP contribution in [0.4, 0.5) is 10.5 Å². The van der Waals surface area contributed by atoms with E-state index in [1.54, 1.807) is 30.3 Å². The van der Waals surface area contributed by atoms with Crippen LogP contribution in [0.3, 0.4) is 0 Å². The van der Waals surface area contributed by atoms with Crippen molar-refractivity contribution in [2.24, 2.45) is 0 Å². The minimum absolute atomic E-state index is 0.0231. The molecule has 1 aliphatic rings. The first kappa shape index (κ1) is 14.5. The smallest absolute Gasteiger partial charge is 0.289 e. The highest BCUT2D eigenvalue weighted by molar-refractivity contribution is 8.19. The van der Waals surface area contributed by atoms with Gasteiger partial charge in [0.25, 0.3) is 10.9 Å². The number of nitrogens with zero attached hydrogens (tertiary/aromatic N) is 1. The van der Waals surface area contributed by atoms with Crippen LogP contribution >= 0.6 is 24.0 Å². The molecule has 110 valence electrons. The second kappa shape index (κ2) is 5.74. The molecule has 0 atom stereocenters. The van der Waals surface area contributed by atoms with Crippen LogP contribution in [0.5, 0.6) is 0 Å². The lowest BCUT2D eigenvalue weighted by Gasteiger charge is -1.97. The Hall–Kier alpha value is -2.45. The number of nitrogens with one attached hydrogen (secondary N) is 1. The first-order valence-corrected chi connectivity index (χ1v) is 7.35. The van der Waals surface area contributed by atoms with Gasteiger partial charge in [-0.2, -0.15) is 0 Å². The Morgan fingerprint density at radius 2 is 1.95 bits per heavy atom. The molecule has 2 heterocycles. The number of thioether (sulfide) groups is 1. The van der Waals surface area contributed by atoms with Gasteiger partial charge in [-0.1, -0.05) is 12.2 Å². The van der Waals surface area contributed by atoms with Crippen LogP contribution in [0, 0.1) is 10.1 Å². The number of nitro groups is 1. The molecule has 1 saturated heterocycles. The van der Waals surface area contributed by atoms with Crippen molar-refractivity contribution in [1.82, 2.24) is 5.32 Å². The molecule has 0 bridgehead atoms. The maximum atomic E-state index is 11.2. The molecule has 1 aromatic carbocycles. The molecular formula is C14H8N2O4S2. The first-order valence-electron chi connectivity index (χ1n) is 6.12. The maximum Gasteiger partial charge on any atom is 0.289 e. The highest BCUT2D eigenvalue weighted by Gasteiger charge is 2.22. The number of hydrogen-bond donors (Lipinski definition) is 1. The van der Waals surface area contributed by atoms with Crippen LogP contribution in [-0.2, 0) is 0 Å². The van der Waals surface area contributed by atoms with E-state index in [9.17, 15) is 14.9 Å². The molecule has 0 unspecified atom stereocenters. The molecule has 1 aromatic heterocycles. The Labute approximate surface area is 134 Å². The summed E-state index contributed by atoms with van der Waals surface area (Å²) in [7, 11) is 0. The number of furan rings is 1. The van der Waals surface area contributed by atoms with E-state index in [1.165, 1.54) is 12.1 Å². The zero-order chi connectivity index (χ0) is 15.7. The summed E-state index contributed by atoms with van der Waals surface area (Å²) < 4.78 is 5.66. The predicted octanol–water partition coefficient (Wildman–Crippen LogP) is 3.98. The molecule has 6 nitrogen and oxygen atoms in total. The third kappa shape index (κ3) is 2.92. The van der Waals surface area contributed by atoms with Gasteiger partial charge in [0.05, 0.1) is 9.83 Å². The summed E-state index contributed by atoms with van der Waals surface area (Å²) in [5, 5.41) is 12.9. The van der Waals surface area contributed by atoms with Gasteiger partial charge >= 0.3 is 0 Å². The minimum Gasteiger partial charge on any atom is -0.457 e. The summed E-state index contributed by atoms with van der Waals surface area (Å²) >= 11 is 6.04. The van der Waals surface area contributed by atoms with Crippen molar-refractivity contribution in [2.45, 2.75) is 0 Å². The van der Waals surface area contributed by atoms with Crippen LogP contribution in [0.15, 0.2) is 45.7 Å². The zero-order valence-corrected chi connectivity index (χ0v) is 12.6. The number of carbonyl (C=O) groups excluding carboxylic acids is 1. The topological polar surface area (TPSA) is 85.4 Å². The van der Waals surface area contributed by atoms with Crippen LogP contribution < -0.4 is 5.32 Å². The largest absolute Gasteiger partial charge is 0.457 e. The fraction of sp³-hybridized carbons (Fsp3) is 0. The molecular weight excluding hydrogens is 324 g/mol. The first-order chi connectivity index (χ1) is 10.5. The van der Waals surface area contributed by atoms with Gasteiger partial charge in [0.2, 0.25) is 0 Å². The van der Waals surface area contributed by atoms with Crippen molar-refractivity contribution in [2.75, 3.05) is 0 Å². The van der Waals surface area contributed by atoms with Gasteiger partial charge in [0.15, 0.2) is 0 Å². The quantitative estimate of drug-likeness (QED) is 0.396. The summed E-state index contributed by atoms with van der Waals surface area (Å²) in [6.45, 7) is 0. The summed E-state index contributed by atoms with van der Waals surface area (Å²) in [5.74, 6) is 1.13. The normalized spacial score (nSPS) is 16.1. The van der Waals surface area contributed by atoms with E-state index in [4.69, 9.17) is 16.6 Å². The van der Waals surface area contributed by atoms with Gasteiger partial charge in [-0.05, 0) is 42.1 Å². The molecule has 22 heavy (non-hydrogen) atoms. The van der Waals surface area contributed by atoms with Crippen LogP contribution in [0.1, 0.15) is 5.76 Å². The monoisotopic (exact) mass is 332 g/mol. The SMILES string of the molecule is O=C1NC(=S)C(=Cc2ccc(-c3ccc([N+](=O)[O-])cc3)o2)S1. The van der Waals surface area contributed by atoms with Gasteiger partial charge in [-0.15, -0.1) is 0 Å². The molecule has 1 aliphatic heterocycles. The lowest BCUT2D eigenvalue weighted by molar-refractivity contribution is -0.384. The number of amides is 1. The summed E-state index contributed by atoms with van der Waals surface area (Å²) in [6.07, 6.45) is 1.68. The molecule has 1 N–H and O–H groups in total. The van der Waals surface area contributed by atoms with Gasteiger partial charge in [-0.3, -0.25) is 14.9 Å². The summed E-state index contributed by atoms with van der Waals surface area (Å²) in [5.41, 5.74) is 0.751. The van der Waals surface area contributed by atoms with Crippen LogP contribution in [0.2, 0.25) is 0 Å². The molecule has 2 aromatic rings. The van der Waals surface area contributed by atoms with Crippen molar-refractivity contribution < 1.29 is 14.1 Å². The second-order valence-electron chi connectivity index (χ2n) is 4.36. The van der Waals surface area contributed by atoms with E-state index in [0.29, 0.717) is 21.4 Å². The second-order valence-corrected chi connectivity index (χ2v) is 5.78. The zero-order valence-electron chi connectivity index (χ0n) is 10.9. The van der Waals surface area contributed by atoms with E-state index in [0.717, 1.165) is 17.3 Å². The average Bonchev–Trinajstić information content (AvgIpc) is 3.06. The third-order valence-corrected chi connectivity index (χ3v) is 4.19. The number of nitro benzene ring substituents is 1. The number of carbonyl (C=O) groups is 1. The molecule has 1 fully saturated rings. The molecule has 3 rings (SSSR count). The minimum atomic E-state index is -0.454. The lowest BCUT2D eigenvalue weighted by Crippen LogP contribution is -2.15. The van der Waals surface area contributed by atoms with Crippen molar-refractivity contribution in [3.05, 3.63) is 57.2 Å². The molecule has 0 saturated carbocycles.